The number of unbranched alkanes of at least 4 members (excludes halogenated alkanes) is 1. The average Bonchev–Trinajstić information content (AvgIpc) is 1.61. The van der Waals surface area contributed by atoms with Gasteiger partial charge in [0.05, 0.1) is 6.61 Å². The van der Waals surface area contributed by atoms with Crippen LogP contribution in [0.4, 0.5) is 0 Å². The molecule has 0 unspecified atom stereocenters. The van der Waals surface area contributed by atoms with Crippen LogP contribution in [0.1, 0.15) is 19.8 Å². The summed E-state index contributed by atoms with van der Waals surface area (Å²) in [6, 6.07) is 0. The van der Waals surface area contributed by atoms with Crippen molar-refractivity contribution in [3.8, 4) is 0 Å². The summed E-state index contributed by atoms with van der Waals surface area (Å²) >= 11 is 0. The molecular weight excluding hydrogens is 259 g/mol. The van der Waals surface area contributed by atoms with Gasteiger partial charge in [-0.1, -0.05) is 13.3 Å². The van der Waals surface area contributed by atoms with Gasteiger partial charge in [0, 0.05) is 25.8 Å². The Bertz CT molecular complexity index is 21.7. The zero-order chi connectivity index (χ0) is 4.83. The van der Waals surface area contributed by atoms with Crippen LogP contribution in [0.15, 0.2) is 0 Å². The SMILES string of the molecule is CCCCOO.[Hf]. The fraction of sp³-hybridized carbons (Fsp3) is 1.00. The topological polar surface area (TPSA) is 29.5 Å². The molecule has 0 aliphatic heterocycles. The molecule has 1 N–H and O–H groups in total. The van der Waals surface area contributed by atoms with Crippen molar-refractivity contribution in [3.63, 3.8) is 0 Å². The molecule has 2 nitrogen and oxygen atoms in total. The fourth-order valence-corrected chi connectivity index (χ4v) is 0.209. The Labute approximate surface area is 62.6 Å². The largest absolute Gasteiger partial charge is 0.252 e. The van der Waals surface area contributed by atoms with Crippen molar-refractivity contribution in [2.75, 3.05) is 6.61 Å². The van der Waals surface area contributed by atoms with Crippen LogP contribution in [-0.4, -0.2) is 11.9 Å². The Morgan fingerprint density at radius 3 is 2.29 bits per heavy atom. The number of hydrogen-bond acceptors (Lipinski definition) is 2. The molecule has 7 heavy (non-hydrogen) atoms. The van der Waals surface area contributed by atoms with Crippen molar-refractivity contribution in [2.45, 2.75) is 19.8 Å². The van der Waals surface area contributed by atoms with E-state index in [1.54, 1.807) is 0 Å². The zero-order valence-corrected chi connectivity index (χ0v) is 8.07. The zero-order valence-electron chi connectivity index (χ0n) is 4.48. The summed E-state index contributed by atoms with van der Waals surface area (Å²) in [6.45, 7) is 2.51. The molecule has 0 heterocycles. The van der Waals surface area contributed by atoms with E-state index in [0.29, 0.717) is 6.61 Å². The summed E-state index contributed by atoms with van der Waals surface area (Å²) in [5.41, 5.74) is 0. The molecule has 0 aliphatic carbocycles. The van der Waals surface area contributed by atoms with Crippen LogP contribution in [0.5, 0.6) is 0 Å². The van der Waals surface area contributed by atoms with Crippen molar-refractivity contribution in [2.24, 2.45) is 0 Å². The molecular formula is C4H10HfO2. The van der Waals surface area contributed by atoms with Crippen molar-refractivity contribution in [3.05, 3.63) is 0 Å². The molecule has 0 aromatic rings. The molecule has 0 saturated carbocycles. The summed E-state index contributed by atoms with van der Waals surface area (Å²) in [7, 11) is 0. The minimum Gasteiger partial charge on any atom is -0.252 e. The molecule has 0 aromatic carbocycles. The summed E-state index contributed by atoms with van der Waals surface area (Å²) in [5.74, 6) is 0. The van der Waals surface area contributed by atoms with E-state index < -0.39 is 0 Å². The summed E-state index contributed by atoms with van der Waals surface area (Å²) in [5, 5.41) is 7.70. The monoisotopic (exact) mass is 270 g/mol. The Morgan fingerprint density at radius 2 is 2.14 bits per heavy atom. The van der Waals surface area contributed by atoms with Gasteiger partial charge in [-0.15, -0.1) is 0 Å². The van der Waals surface area contributed by atoms with Crippen LogP contribution >= 0.6 is 0 Å². The molecule has 0 amide bonds. The average molecular weight is 269 g/mol. The molecule has 0 saturated heterocycles. The molecule has 0 aromatic heterocycles. The third-order valence-electron chi connectivity index (χ3n) is 0.589. The number of hydrogen-bond donors (Lipinski definition) is 1. The first-order valence-corrected chi connectivity index (χ1v) is 2.18. The van der Waals surface area contributed by atoms with Gasteiger partial charge in [-0.25, -0.2) is 4.89 Å². The van der Waals surface area contributed by atoms with E-state index in [2.05, 4.69) is 4.89 Å². The normalized spacial score (nSPS) is 7.71. The van der Waals surface area contributed by atoms with Crippen LogP contribution in [-0.2, 0) is 30.7 Å². The van der Waals surface area contributed by atoms with Crippen LogP contribution in [0.25, 0.3) is 0 Å². The van der Waals surface area contributed by atoms with Crippen molar-refractivity contribution < 1.29 is 36.0 Å². The summed E-state index contributed by atoms with van der Waals surface area (Å²) in [4.78, 5) is 3.78. The second-order valence-corrected chi connectivity index (χ2v) is 1.19. The maximum Gasteiger partial charge on any atom is 0.0819 e. The molecule has 0 radical (unpaired) electrons. The van der Waals surface area contributed by atoms with Crippen molar-refractivity contribution in [1.29, 1.82) is 0 Å². The van der Waals surface area contributed by atoms with Gasteiger partial charge in [-0.05, 0) is 6.42 Å². The molecule has 0 rings (SSSR count). The van der Waals surface area contributed by atoms with Gasteiger partial charge in [0.2, 0.25) is 0 Å². The minimum atomic E-state index is 0. The maximum atomic E-state index is 7.70. The first-order valence-electron chi connectivity index (χ1n) is 2.18. The molecule has 0 atom stereocenters. The predicted molar refractivity (Wildman–Crippen MR) is 23.5 cm³/mol. The Kier molecular flexibility index (Phi) is 15.2. The van der Waals surface area contributed by atoms with Gasteiger partial charge in [0.25, 0.3) is 0 Å². The molecule has 0 aliphatic rings. The van der Waals surface area contributed by atoms with E-state index in [-0.39, 0.29) is 25.8 Å². The second kappa shape index (κ2) is 9.92. The quantitative estimate of drug-likeness (QED) is 0.362. The number of rotatable bonds is 3. The maximum absolute atomic E-state index is 7.70. The van der Waals surface area contributed by atoms with Crippen molar-refractivity contribution in [1.82, 2.24) is 0 Å². The Balaban J connectivity index is 0. The standard InChI is InChI=1S/C4H10O2.Hf/c1-2-3-4-6-5;/h5H,2-4H2,1H3;. The van der Waals surface area contributed by atoms with E-state index in [9.17, 15) is 0 Å². The van der Waals surface area contributed by atoms with Gasteiger partial charge in [0.1, 0.15) is 0 Å². The third kappa shape index (κ3) is 10.8. The third-order valence-corrected chi connectivity index (χ3v) is 0.589. The van der Waals surface area contributed by atoms with Gasteiger partial charge < -0.3 is 0 Å². The van der Waals surface area contributed by atoms with Gasteiger partial charge in [-0.3, -0.25) is 5.26 Å². The molecule has 3 heteroatoms. The summed E-state index contributed by atoms with van der Waals surface area (Å²) < 4.78 is 0. The van der Waals surface area contributed by atoms with Gasteiger partial charge >= 0.3 is 0 Å². The summed E-state index contributed by atoms with van der Waals surface area (Å²) in [6.07, 6.45) is 2.01. The molecule has 0 spiro atoms. The van der Waals surface area contributed by atoms with E-state index in [1.165, 1.54) is 0 Å². The first kappa shape index (κ1) is 10.7. The fourth-order valence-electron chi connectivity index (χ4n) is 0.209. The van der Waals surface area contributed by atoms with Gasteiger partial charge in [-0.2, -0.15) is 0 Å². The molecule has 42 valence electrons. The van der Waals surface area contributed by atoms with Crippen molar-refractivity contribution >= 4 is 0 Å². The Morgan fingerprint density at radius 1 is 1.57 bits per heavy atom. The Hall–Kier alpha value is 0.790. The van der Waals surface area contributed by atoms with Crippen LogP contribution in [0.3, 0.4) is 0 Å². The predicted octanol–water partition coefficient (Wildman–Crippen LogP) is 1.27. The smallest absolute Gasteiger partial charge is 0.0819 e. The second-order valence-electron chi connectivity index (χ2n) is 1.19. The van der Waals surface area contributed by atoms with E-state index in [0.717, 1.165) is 12.8 Å². The molecule has 0 bridgehead atoms. The van der Waals surface area contributed by atoms with E-state index in [1.807, 2.05) is 6.92 Å². The first-order chi connectivity index (χ1) is 2.91. The van der Waals surface area contributed by atoms with Gasteiger partial charge in [0.15, 0.2) is 0 Å². The van der Waals surface area contributed by atoms with E-state index in [4.69, 9.17) is 5.26 Å². The van der Waals surface area contributed by atoms with Crippen LogP contribution in [0, 0.1) is 0 Å². The van der Waals surface area contributed by atoms with E-state index >= 15 is 0 Å². The van der Waals surface area contributed by atoms with Crippen LogP contribution in [0.2, 0.25) is 0 Å². The molecule has 0 fully saturated rings. The minimum absolute atomic E-state index is 0. The van der Waals surface area contributed by atoms with Crippen LogP contribution < -0.4 is 0 Å².